The normalized spacial score (nSPS) is 19.8. The number of hydrogen-bond acceptors (Lipinski definition) is 20. The Hall–Kier alpha value is -10.1. The minimum Gasteiger partial charge on any atom is -0.508 e. The van der Waals surface area contributed by atoms with Gasteiger partial charge in [-0.1, -0.05) is 96.1 Å². The molecule has 0 radical (unpaired) electrons. The highest BCUT2D eigenvalue weighted by atomic mass is 33.1. The van der Waals surface area contributed by atoms with Crippen molar-refractivity contribution < 1.29 is 106 Å². The lowest BCUT2D eigenvalue weighted by Crippen LogP contribution is -2.62. The maximum Gasteiger partial charge on any atom is 0.490 e. The number of aromatic amines is 1. The van der Waals surface area contributed by atoms with E-state index >= 15 is 14.4 Å². The molecule has 5 rings (SSSR count). The molecule has 1 fully saturated rings. The van der Waals surface area contributed by atoms with Gasteiger partial charge in [-0.15, -0.1) is 0 Å². The van der Waals surface area contributed by atoms with Crippen LogP contribution in [0.4, 0.5) is 13.2 Å². The van der Waals surface area contributed by atoms with Gasteiger partial charge >= 0.3 is 24.1 Å². The predicted octanol–water partition coefficient (Wildman–Crippen LogP) is -2.01. The predicted molar refractivity (Wildman–Crippen MR) is 364 cm³/mol. The van der Waals surface area contributed by atoms with E-state index in [0.29, 0.717) is 34.0 Å². The van der Waals surface area contributed by atoms with E-state index in [2.05, 4.69) is 63.5 Å². The maximum atomic E-state index is 15.1. The number of para-hydroxylation sites is 1. The summed E-state index contributed by atoms with van der Waals surface area (Å²) in [7, 11) is 1.64. The molecule has 38 heteroatoms. The van der Waals surface area contributed by atoms with Crippen LogP contribution in [0.1, 0.15) is 77.0 Å². The summed E-state index contributed by atoms with van der Waals surface area (Å²) in [5.74, 6) is -18.5. The van der Waals surface area contributed by atoms with E-state index < -0.39 is 192 Å². The number of aliphatic hydroxyl groups is 1. The number of alkyl halides is 3. The first kappa shape index (κ1) is 84.4. The number of unbranched alkanes of at least 4 members (excludes halogenated alkanes) is 1. The van der Waals surface area contributed by atoms with Gasteiger partial charge in [0.05, 0.1) is 25.1 Å². The number of H-pyrrole nitrogens is 1. The number of rotatable bonds is 27. The van der Waals surface area contributed by atoms with Crippen LogP contribution in [-0.4, -0.2) is 217 Å². The van der Waals surface area contributed by atoms with Gasteiger partial charge < -0.3 is 100 Å². The molecule has 21 N–H and O–H groups in total. The van der Waals surface area contributed by atoms with Crippen molar-refractivity contribution in [3.63, 3.8) is 0 Å². The first-order chi connectivity index (χ1) is 48.0. The summed E-state index contributed by atoms with van der Waals surface area (Å²) >= 11 is 0. The standard InChI is InChI=1S/C62H84N14O17S2.C2HF3O2/c1-31(2)50(62(92)93)76-60(90)47-30-95-94-29-46(73-58(88)45(26-49(80)81)69-53(83)33(4)67-61(91)51(34(5)77)75-48(79)28-66-52(82)32(3)64)59(89)71-42(23-35-13-7-6-8-14-35)55(85)72-44(25-37-27-65-40-16-10-9-15-39(37)40)57(87)68-41(17-11-12-22-63)54(84)70-43(56(86)74-47)24-36-18-20-38(78)21-19-36;3-2(4,5)1(6)7/h6-10,13-16,18-21,27,31-34,41-47,50-51,65,77-78H,11-12,17,22-26,28-30,63-64H2,1-5H3,(H,66,82)(H,67,91)(H,68,87)(H,69,83)(H,70,84)(H,71,89)(H,72,85)(H,73,88)(H,74,86)(H,75,79)(H,76,90)(H,80,81)(H,92,93);(H,6,7)/t32-,33-,34+,41-,42-,43?,44?,45-,46?,47?,50-,51-;/m0./s1. The van der Waals surface area contributed by atoms with Gasteiger partial charge in [0, 0.05) is 47.9 Å². The monoisotopic (exact) mass is 1470 g/mol. The summed E-state index contributed by atoms with van der Waals surface area (Å²) in [5.41, 5.74) is 13.5. The number of hydrogen-bond donors (Lipinski definition) is 19. The number of aliphatic carboxylic acids is 3. The summed E-state index contributed by atoms with van der Waals surface area (Å²) in [6.07, 6.45) is -6.25. The lowest BCUT2D eigenvalue weighted by atomic mass is 10.0. The molecule has 102 heavy (non-hydrogen) atoms. The van der Waals surface area contributed by atoms with E-state index in [9.17, 15) is 81.5 Å². The molecule has 1 aromatic heterocycles. The molecule has 1 aliphatic heterocycles. The molecule has 3 aromatic carbocycles. The number of aromatic hydroxyl groups is 1. The van der Waals surface area contributed by atoms with Crippen molar-refractivity contribution in [3.05, 3.63) is 102 Å². The molecular formula is C64H85F3N14O19S2. The second kappa shape index (κ2) is 41.0. The van der Waals surface area contributed by atoms with Crippen molar-refractivity contribution in [2.75, 3.05) is 24.6 Å². The Labute approximate surface area is 590 Å². The van der Waals surface area contributed by atoms with Gasteiger partial charge in [-0.05, 0) is 87.4 Å². The molecule has 558 valence electrons. The number of phenols is 1. The highest BCUT2D eigenvalue weighted by Gasteiger charge is 2.40. The van der Waals surface area contributed by atoms with Gasteiger partial charge in [0.15, 0.2) is 0 Å². The lowest BCUT2D eigenvalue weighted by Gasteiger charge is -2.29. The minimum atomic E-state index is -5.08. The fraction of sp³-hybridized carbons (Fsp3) is 0.469. The zero-order valence-corrected chi connectivity index (χ0v) is 57.6. The SMILES string of the molecule is CC(C)[C@H](NC(=O)C1CSSCC(NC(=O)[C@H](CC(=O)O)NC(=O)[C@H](C)NC(=O)[C@@H](NC(=O)CNC(=O)[C@H](C)N)[C@@H](C)O)C(=O)N[C@@H](Cc2ccccc2)C(=O)NC(Cc2c[nH]c3ccccc23)C(=O)N[C@@H](CCCCN)C(=O)NC(Cc2ccc(O)cc2)C(=O)N1)C(=O)O.O=C(O)C(F)(F)F. The second-order valence-electron chi connectivity index (χ2n) is 23.9. The van der Waals surface area contributed by atoms with E-state index in [1.54, 1.807) is 60.8 Å². The van der Waals surface area contributed by atoms with Crippen LogP contribution in [0.15, 0.2) is 85.1 Å². The third kappa shape index (κ3) is 28.2. The van der Waals surface area contributed by atoms with Crippen LogP contribution in [0.25, 0.3) is 10.9 Å². The Kier molecular flexibility index (Phi) is 33.9. The third-order valence-corrected chi connectivity index (χ3v) is 17.6. The molecule has 1 aliphatic rings. The van der Waals surface area contributed by atoms with Crippen molar-refractivity contribution in [1.82, 2.24) is 63.5 Å². The summed E-state index contributed by atoms with van der Waals surface area (Å²) in [6, 6.07) is 3.84. The van der Waals surface area contributed by atoms with E-state index in [1.165, 1.54) is 45.0 Å². The average Bonchev–Trinajstić information content (AvgIpc) is 1.52. The van der Waals surface area contributed by atoms with Crippen LogP contribution in [0, 0.1) is 5.92 Å². The molecular weight excluding hydrogens is 1390 g/mol. The molecule has 11 amide bonds. The largest absolute Gasteiger partial charge is 0.508 e. The second-order valence-corrected chi connectivity index (χ2v) is 26.4. The highest BCUT2D eigenvalue weighted by Crippen LogP contribution is 2.25. The number of aromatic nitrogens is 1. The van der Waals surface area contributed by atoms with E-state index in [-0.39, 0.29) is 44.4 Å². The third-order valence-electron chi connectivity index (χ3n) is 15.2. The Morgan fingerprint density at radius 2 is 1.16 bits per heavy atom. The molecule has 4 aromatic rings. The fourth-order valence-corrected chi connectivity index (χ4v) is 12.0. The van der Waals surface area contributed by atoms with Crippen LogP contribution in [-0.2, 0) is 86.4 Å². The molecule has 33 nitrogen and oxygen atoms in total. The minimum absolute atomic E-state index is 0.0434. The number of nitrogens with two attached hydrogens (primary N) is 2. The Bertz CT molecular complexity index is 3590. The topological polar surface area (TPSA) is 540 Å². The molecule has 2 heterocycles. The molecule has 4 unspecified atom stereocenters. The molecule has 0 bridgehead atoms. The van der Waals surface area contributed by atoms with Crippen molar-refractivity contribution in [3.8, 4) is 5.75 Å². The van der Waals surface area contributed by atoms with Crippen molar-refractivity contribution in [1.29, 1.82) is 0 Å². The number of phenolic OH excluding ortho intramolecular Hbond substituents is 1. The summed E-state index contributed by atoms with van der Waals surface area (Å²) in [4.78, 5) is 192. The van der Waals surface area contributed by atoms with Crippen molar-refractivity contribution >= 4 is 115 Å². The summed E-state index contributed by atoms with van der Waals surface area (Å²) in [5, 5.41) is 75.9. The zero-order chi connectivity index (χ0) is 76.1. The number of nitrogens with one attached hydrogen (secondary N) is 12. The molecule has 0 spiro atoms. The highest BCUT2D eigenvalue weighted by molar-refractivity contribution is 8.76. The van der Waals surface area contributed by atoms with Gasteiger partial charge in [0.25, 0.3) is 0 Å². The molecule has 0 aliphatic carbocycles. The van der Waals surface area contributed by atoms with Crippen LogP contribution < -0.4 is 70.0 Å². The van der Waals surface area contributed by atoms with Gasteiger partial charge in [-0.2, -0.15) is 13.2 Å². The number of benzene rings is 3. The van der Waals surface area contributed by atoms with Crippen LogP contribution in [0.5, 0.6) is 5.75 Å². The average molecular weight is 1480 g/mol. The molecule has 1 saturated heterocycles. The smallest absolute Gasteiger partial charge is 0.490 e. The van der Waals surface area contributed by atoms with E-state index in [4.69, 9.17) is 21.4 Å². The number of aliphatic hydroxyl groups excluding tert-OH is 1. The van der Waals surface area contributed by atoms with Crippen LogP contribution in [0.3, 0.4) is 0 Å². The number of carboxylic acids is 3. The van der Waals surface area contributed by atoms with Gasteiger partial charge in [0.2, 0.25) is 65.0 Å². The van der Waals surface area contributed by atoms with Gasteiger partial charge in [-0.25, -0.2) is 9.59 Å². The summed E-state index contributed by atoms with van der Waals surface area (Å²) < 4.78 is 31.7. The molecule has 0 saturated carbocycles. The number of amides is 11. The number of fused-ring (bicyclic) bond motifs is 1. The van der Waals surface area contributed by atoms with Gasteiger partial charge in [0.1, 0.15) is 66.2 Å². The van der Waals surface area contributed by atoms with Crippen LogP contribution >= 0.6 is 21.6 Å². The number of carboxylic acid groups (broad SMARTS) is 3. The van der Waals surface area contributed by atoms with E-state index in [1.807, 2.05) is 0 Å². The quantitative estimate of drug-likeness (QED) is 0.0226. The van der Waals surface area contributed by atoms with Crippen molar-refractivity contribution in [2.45, 2.75) is 158 Å². The van der Waals surface area contributed by atoms with Gasteiger partial charge in [-0.3, -0.25) is 57.5 Å². The Morgan fingerprint density at radius 3 is 1.72 bits per heavy atom. The van der Waals surface area contributed by atoms with Crippen molar-refractivity contribution in [2.24, 2.45) is 17.4 Å². The zero-order valence-electron chi connectivity index (χ0n) is 55.9. The Balaban J connectivity index is 0.00000298. The number of carbonyl (C=O) groups is 14. The Morgan fingerprint density at radius 1 is 0.618 bits per heavy atom. The van der Waals surface area contributed by atoms with E-state index in [0.717, 1.165) is 35.4 Å². The fourth-order valence-electron chi connectivity index (χ4n) is 9.63. The number of carbonyl (C=O) groups excluding carboxylic acids is 11. The first-order valence-corrected chi connectivity index (χ1v) is 34.3. The maximum absolute atomic E-state index is 15.1. The van der Waals surface area contributed by atoms with Crippen LogP contribution in [0.2, 0.25) is 0 Å². The molecule has 12 atom stereocenters. The lowest BCUT2D eigenvalue weighted by molar-refractivity contribution is -0.192. The summed E-state index contributed by atoms with van der Waals surface area (Å²) in [6.45, 7) is 6.24. The first-order valence-electron chi connectivity index (χ1n) is 31.8. The number of halogens is 3.